The van der Waals surface area contributed by atoms with Crippen molar-refractivity contribution >= 4 is 28.8 Å². The van der Waals surface area contributed by atoms with Crippen molar-refractivity contribution in [2.75, 3.05) is 38.4 Å². The SMILES string of the molecule is CN(Cc1ccc(NC(=O)C2=Cc3cc(-c4ccc([S+](C)[O-])cc4)ccc3OCC2)cc1)C1CCOCC1. The molecule has 0 spiro atoms. The minimum atomic E-state index is -1.01. The summed E-state index contributed by atoms with van der Waals surface area (Å²) in [5, 5.41) is 3.06. The molecular weight excluding hydrogens is 496 g/mol. The molecule has 1 N–H and O–H groups in total. The molecule has 0 saturated carbocycles. The Morgan fingerprint density at radius 1 is 1.00 bits per heavy atom. The molecule has 0 bridgehead atoms. The second kappa shape index (κ2) is 12.2. The molecular formula is C31H34N2O4S. The molecule has 1 saturated heterocycles. The third-order valence-electron chi connectivity index (χ3n) is 7.24. The summed E-state index contributed by atoms with van der Waals surface area (Å²) in [4.78, 5) is 16.4. The van der Waals surface area contributed by atoms with E-state index in [0.717, 1.165) is 65.6 Å². The fourth-order valence-corrected chi connectivity index (χ4v) is 5.49. The fourth-order valence-electron chi connectivity index (χ4n) is 4.97. The first-order valence-corrected chi connectivity index (χ1v) is 14.6. The Morgan fingerprint density at radius 3 is 2.42 bits per heavy atom. The van der Waals surface area contributed by atoms with Crippen molar-refractivity contribution in [2.45, 2.75) is 36.7 Å². The van der Waals surface area contributed by atoms with E-state index < -0.39 is 11.2 Å². The molecule has 0 aliphatic carbocycles. The molecule has 2 aliphatic rings. The van der Waals surface area contributed by atoms with Crippen LogP contribution in [0.1, 0.15) is 30.4 Å². The van der Waals surface area contributed by atoms with E-state index >= 15 is 0 Å². The van der Waals surface area contributed by atoms with Gasteiger partial charge in [-0.15, -0.1) is 0 Å². The Labute approximate surface area is 227 Å². The number of carbonyl (C=O) groups excluding carboxylic acids is 1. The zero-order valence-corrected chi connectivity index (χ0v) is 22.8. The standard InChI is InChI=1S/C31H34N2O4S/c1-33(28-14-16-36-17-15-28)21-22-3-8-27(9-4-22)32-31(34)25-13-18-37-30-12-7-24(19-26(30)20-25)23-5-10-29(11-6-23)38(2)35/h3-12,19-20,28H,13-18,21H2,1-2H3,(H,32,34). The summed E-state index contributed by atoms with van der Waals surface area (Å²) < 4.78 is 23.1. The van der Waals surface area contributed by atoms with E-state index in [4.69, 9.17) is 9.47 Å². The van der Waals surface area contributed by atoms with Crippen LogP contribution in [0.25, 0.3) is 17.2 Å². The van der Waals surface area contributed by atoms with Gasteiger partial charge in [-0.2, -0.15) is 0 Å². The Hall–Kier alpha value is -3.10. The molecule has 1 fully saturated rings. The van der Waals surface area contributed by atoms with E-state index in [1.54, 1.807) is 6.26 Å². The van der Waals surface area contributed by atoms with Gasteiger partial charge in [0.05, 0.1) is 6.61 Å². The maximum absolute atomic E-state index is 13.2. The number of carbonyl (C=O) groups is 1. The number of nitrogens with one attached hydrogen (secondary N) is 1. The maximum atomic E-state index is 13.2. The summed E-state index contributed by atoms with van der Waals surface area (Å²) in [5.74, 6) is 0.648. The number of nitrogens with zero attached hydrogens (tertiary/aromatic N) is 1. The van der Waals surface area contributed by atoms with Crippen molar-refractivity contribution < 1.29 is 18.8 Å². The second-order valence-electron chi connectivity index (χ2n) is 9.91. The number of rotatable bonds is 7. The van der Waals surface area contributed by atoms with E-state index in [-0.39, 0.29) is 5.91 Å². The lowest BCUT2D eigenvalue weighted by molar-refractivity contribution is -0.113. The first kappa shape index (κ1) is 26.5. The minimum absolute atomic E-state index is 0.117. The van der Waals surface area contributed by atoms with Crippen LogP contribution in [-0.4, -0.2) is 54.5 Å². The van der Waals surface area contributed by atoms with Crippen LogP contribution in [0.4, 0.5) is 5.69 Å². The van der Waals surface area contributed by atoms with E-state index in [2.05, 4.69) is 29.4 Å². The zero-order valence-electron chi connectivity index (χ0n) is 21.9. The molecule has 5 rings (SSSR count). The van der Waals surface area contributed by atoms with Crippen LogP contribution < -0.4 is 10.1 Å². The average molecular weight is 531 g/mol. The van der Waals surface area contributed by atoms with Crippen LogP contribution in [0.5, 0.6) is 5.75 Å². The van der Waals surface area contributed by atoms with Crippen molar-refractivity contribution in [3.8, 4) is 16.9 Å². The first-order chi connectivity index (χ1) is 18.5. The number of benzene rings is 3. The van der Waals surface area contributed by atoms with Crippen molar-refractivity contribution in [3.05, 3.63) is 83.4 Å². The van der Waals surface area contributed by atoms with Gasteiger partial charge < -0.3 is 19.3 Å². The van der Waals surface area contributed by atoms with Crippen molar-refractivity contribution in [1.82, 2.24) is 4.90 Å². The summed E-state index contributed by atoms with van der Waals surface area (Å²) in [6.07, 6.45) is 6.27. The van der Waals surface area contributed by atoms with E-state index in [9.17, 15) is 9.35 Å². The van der Waals surface area contributed by atoms with Gasteiger partial charge in [0.2, 0.25) is 0 Å². The Balaban J connectivity index is 1.26. The smallest absolute Gasteiger partial charge is 0.251 e. The molecule has 0 aromatic heterocycles. The lowest BCUT2D eigenvalue weighted by atomic mass is 10.0. The molecule has 38 heavy (non-hydrogen) atoms. The average Bonchev–Trinajstić information content (AvgIpc) is 3.17. The van der Waals surface area contributed by atoms with Crippen LogP contribution in [0.2, 0.25) is 0 Å². The predicted molar refractivity (Wildman–Crippen MR) is 153 cm³/mol. The lowest BCUT2D eigenvalue weighted by Crippen LogP contribution is -2.36. The summed E-state index contributed by atoms with van der Waals surface area (Å²) in [6, 6.07) is 22.4. The third kappa shape index (κ3) is 6.48. The highest BCUT2D eigenvalue weighted by Crippen LogP contribution is 2.32. The molecule has 7 heteroatoms. The van der Waals surface area contributed by atoms with Crippen LogP contribution in [-0.2, 0) is 27.3 Å². The van der Waals surface area contributed by atoms with Gasteiger partial charge in [0.25, 0.3) is 5.91 Å². The summed E-state index contributed by atoms with van der Waals surface area (Å²) in [5.41, 5.74) is 5.59. The normalized spacial score (nSPS) is 16.7. The van der Waals surface area contributed by atoms with Crippen LogP contribution >= 0.6 is 0 Å². The van der Waals surface area contributed by atoms with Crippen molar-refractivity contribution in [3.63, 3.8) is 0 Å². The monoisotopic (exact) mass is 530 g/mol. The number of hydrogen-bond donors (Lipinski definition) is 1. The highest BCUT2D eigenvalue weighted by molar-refractivity contribution is 7.90. The Bertz CT molecular complexity index is 1280. The van der Waals surface area contributed by atoms with Crippen LogP contribution in [0.15, 0.2) is 77.2 Å². The van der Waals surface area contributed by atoms with Crippen molar-refractivity contribution in [1.29, 1.82) is 0 Å². The molecule has 198 valence electrons. The number of anilines is 1. The zero-order chi connectivity index (χ0) is 26.5. The van der Waals surface area contributed by atoms with E-state index in [0.29, 0.717) is 24.6 Å². The molecule has 0 radical (unpaired) electrons. The van der Waals surface area contributed by atoms with Gasteiger partial charge in [-0.25, -0.2) is 0 Å². The highest BCUT2D eigenvalue weighted by Gasteiger charge is 2.19. The minimum Gasteiger partial charge on any atom is -0.612 e. The first-order valence-electron chi connectivity index (χ1n) is 13.1. The topological polar surface area (TPSA) is 73.9 Å². The van der Waals surface area contributed by atoms with E-state index in [1.807, 2.05) is 60.7 Å². The summed E-state index contributed by atoms with van der Waals surface area (Å²) in [7, 11) is 2.16. The molecule has 3 aromatic rings. The molecule has 3 aromatic carbocycles. The quantitative estimate of drug-likeness (QED) is 0.408. The van der Waals surface area contributed by atoms with Gasteiger partial charge in [0.1, 0.15) is 12.0 Å². The summed E-state index contributed by atoms with van der Waals surface area (Å²) >= 11 is -1.01. The summed E-state index contributed by atoms with van der Waals surface area (Å²) in [6.45, 7) is 2.99. The molecule has 1 unspecified atom stereocenters. The van der Waals surface area contributed by atoms with Gasteiger partial charge in [0, 0.05) is 49.0 Å². The molecule has 1 atom stereocenters. The Kier molecular flexibility index (Phi) is 8.49. The third-order valence-corrected chi connectivity index (χ3v) is 8.17. The molecule has 2 aliphatic heterocycles. The lowest BCUT2D eigenvalue weighted by Gasteiger charge is -2.31. The maximum Gasteiger partial charge on any atom is 0.251 e. The molecule has 2 heterocycles. The highest BCUT2D eigenvalue weighted by atomic mass is 32.2. The van der Waals surface area contributed by atoms with Gasteiger partial charge in [-0.3, -0.25) is 9.69 Å². The van der Waals surface area contributed by atoms with Gasteiger partial charge in [-0.1, -0.05) is 18.2 Å². The van der Waals surface area contributed by atoms with Gasteiger partial charge >= 0.3 is 0 Å². The van der Waals surface area contributed by atoms with Gasteiger partial charge in [-0.05, 0) is 102 Å². The second-order valence-corrected chi connectivity index (χ2v) is 11.3. The Morgan fingerprint density at radius 2 is 1.71 bits per heavy atom. The predicted octanol–water partition coefficient (Wildman–Crippen LogP) is 5.51. The van der Waals surface area contributed by atoms with Crippen LogP contribution in [0.3, 0.4) is 0 Å². The molecule has 6 nitrogen and oxygen atoms in total. The van der Waals surface area contributed by atoms with Gasteiger partial charge in [0.15, 0.2) is 4.90 Å². The van der Waals surface area contributed by atoms with E-state index in [1.165, 1.54) is 5.56 Å². The van der Waals surface area contributed by atoms with Crippen molar-refractivity contribution in [2.24, 2.45) is 0 Å². The van der Waals surface area contributed by atoms with Crippen LogP contribution in [0, 0.1) is 0 Å². The number of fused-ring (bicyclic) bond motifs is 1. The number of ether oxygens (including phenoxy) is 2. The number of hydrogen-bond acceptors (Lipinski definition) is 5. The fraction of sp³-hybridized carbons (Fsp3) is 0.323. The number of amides is 1. The largest absolute Gasteiger partial charge is 0.612 e. The molecule has 1 amide bonds.